The van der Waals surface area contributed by atoms with E-state index in [1.807, 2.05) is 32.6 Å². The van der Waals surface area contributed by atoms with E-state index in [0.29, 0.717) is 5.95 Å². The summed E-state index contributed by atoms with van der Waals surface area (Å²) >= 11 is 5.91. The van der Waals surface area contributed by atoms with Crippen molar-refractivity contribution in [3.8, 4) is 0 Å². The van der Waals surface area contributed by atoms with Crippen molar-refractivity contribution in [2.24, 2.45) is 11.7 Å². The fourth-order valence-electron chi connectivity index (χ4n) is 1.76. The Hall–Kier alpha value is -1.63. The normalized spacial score (nSPS) is 12.3. The van der Waals surface area contributed by atoms with E-state index in [2.05, 4.69) is 20.3 Å². The zero-order valence-electron chi connectivity index (χ0n) is 12.2. The van der Waals surface area contributed by atoms with Crippen LogP contribution < -0.4 is 16.0 Å². The van der Waals surface area contributed by atoms with Gasteiger partial charge >= 0.3 is 0 Å². The highest BCUT2D eigenvalue weighted by molar-refractivity contribution is 6.28. The van der Waals surface area contributed by atoms with Gasteiger partial charge in [-0.1, -0.05) is 13.8 Å². The summed E-state index contributed by atoms with van der Waals surface area (Å²) in [6, 6.07) is -0.557. The minimum Gasteiger partial charge on any atom is -0.368 e. The molecule has 0 bridgehead atoms. The average Bonchev–Trinajstić information content (AvgIpc) is 2.36. The SMILES string of the molecule is CCN(CC)c1nc(Cl)nc(NC(C(N)=O)C(C)C)n1. The molecule has 1 heterocycles. The summed E-state index contributed by atoms with van der Waals surface area (Å²) in [5, 5.41) is 2.99. The molecule has 0 saturated carbocycles. The van der Waals surface area contributed by atoms with E-state index < -0.39 is 11.9 Å². The number of hydrogen-bond acceptors (Lipinski definition) is 6. The van der Waals surface area contributed by atoms with E-state index in [-0.39, 0.29) is 17.1 Å². The van der Waals surface area contributed by atoms with Gasteiger partial charge in [0.25, 0.3) is 0 Å². The van der Waals surface area contributed by atoms with E-state index in [9.17, 15) is 4.79 Å². The Morgan fingerprint density at radius 3 is 2.35 bits per heavy atom. The lowest BCUT2D eigenvalue weighted by molar-refractivity contribution is -0.119. The second kappa shape index (κ2) is 7.23. The highest BCUT2D eigenvalue weighted by atomic mass is 35.5. The second-order valence-electron chi connectivity index (χ2n) is 4.67. The van der Waals surface area contributed by atoms with Crippen molar-refractivity contribution in [3.63, 3.8) is 0 Å². The van der Waals surface area contributed by atoms with Gasteiger partial charge in [0.15, 0.2) is 0 Å². The zero-order chi connectivity index (χ0) is 15.3. The largest absolute Gasteiger partial charge is 0.368 e. The van der Waals surface area contributed by atoms with Crippen LogP contribution in [0.4, 0.5) is 11.9 Å². The fraction of sp³-hybridized carbons (Fsp3) is 0.667. The molecular weight excluding hydrogens is 280 g/mol. The van der Waals surface area contributed by atoms with Gasteiger partial charge in [0.1, 0.15) is 6.04 Å². The van der Waals surface area contributed by atoms with Crippen molar-refractivity contribution in [2.45, 2.75) is 33.7 Å². The van der Waals surface area contributed by atoms with Gasteiger partial charge in [-0.15, -0.1) is 0 Å². The van der Waals surface area contributed by atoms with E-state index in [1.54, 1.807) is 0 Å². The number of nitrogens with zero attached hydrogens (tertiary/aromatic N) is 4. The highest BCUT2D eigenvalue weighted by Crippen LogP contribution is 2.15. The molecule has 1 atom stereocenters. The molecule has 1 aromatic heterocycles. The molecule has 7 nitrogen and oxygen atoms in total. The monoisotopic (exact) mass is 300 g/mol. The number of anilines is 2. The summed E-state index contributed by atoms with van der Waals surface area (Å²) in [6.45, 7) is 9.26. The van der Waals surface area contributed by atoms with Crippen LogP contribution in [-0.2, 0) is 4.79 Å². The summed E-state index contributed by atoms with van der Waals surface area (Å²) in [7, 11) is 0. The summed E-state index contributed by atoms with van der Waals surface area (Å²) in [5.74, 6) is 0.287. The second-order valence-corrected chi connectivity index (χ2v) is 5.01. The van der Waals surface area contributed by atoms with Crippen LogP contribution in [0.2, 0.25) is 5.28 Å². The van der Waals surface area contributed by atoms with Crippen molar-refractivity contribution >= 4 is 29.4 Å². The predicted octanol–water partition coefficient (Wildman–Crippen LogP) is 1.29. The summed E-state index contributed by atoms with van der Waals surface area (Å²) in [5.41, 5.74) is 5.36. The van der Waals surface area contributed by atoms with E-state index >= 15 is 0 Å². The Morgan fingerprint density at radius 1 is 1.30 bits per heavy atom. The molecule has 0 aliphatic heterocycles. The van der Waals surface area contributed by atoms with Gasteiger partial charge < -0.3 is 16.0 Å². The topological polar surface area (TPSA) is 97.0 Å². The van der Waals surface area contributed by atoms with Gasteiger partial charge in [0, 0.05) is 13.1 Å². The number of aromatic nitrogens is 3. The molecule has 0 aromatic carbocycles. The smallest absolute Gasteiger partial charge is 0.240 e. The van der Waals surface area contributed by atoms with Crippen LogP contribution in [0, 0.1) is 5.92 Å². The quantitative estimate of drug-likeness (QED) is 0.787. The van der Waals surface area contributed by atoms with Crippen LogP contribution in [0.25, 0.3) is 0 Å². The highest BCUT2D eigenvalue weighted by Gasteiger charge is 2.21. The van der Waals surface area contributed by atoms with Gasteiger partial charge in [0.2, 0.25) is 23.1 Å². The van der Waals surface area contributed by atoms with Crippen LogP contribution in [-0.4, -0.2) is 40.0 Å². The number of primary amides is 1. The molecule has 0 fully saturated rings. The van der Waals surface area contributed by atoms with Crippen molar-refractivity contribution in [3.05, 3.63) is 5.28 Å². The first-order chi connectivity index (χ1) is 9.38. The van der Waals surface area contributed by atoms with Crippen LogP contribution in [0.1, 0.15) is 27.7 Å². The molecule has 0 spiro atoms. The van der Waals surface area contributed by atoms with E-state index in [4.69, 9.17) is 17.3 Å². The molecule has 3 N–H and O–H groups in total. The fourth-order valence-corrected chi connectivity index (χ4v) is 1.91. The van der Waals surface area contributed by atoms with Gasteiger partial charge in [-0.3, -0.25) is 4.79 Å². The molecule has 0 aliphatic rings. The maximum absolute atomic E-state index is 11.4. The van der Waals surface area contributed by atoms with Gasteiger partial charge in [-0.05, 0) is 31.4 Å². The maximum atomic E-state index is 11.4. The molecule has 1 unspecified atom stereocenters. The number of carbonyl (C=O) groups excluding carboxylic acids is 1. The van der Waals surface area contributed by atoms with E-state index in [0.717, 1.165) is 13.1 Å². The van der Waals surface area contributed by atoms with Crippen LogP contribution >= 0.6 is 11.6 Å². The summed E-state index contributed by atoms with van der Waals surface area (Å²) in [4.78, 5) is 25.7. The lowest BCUT2D eigenvalue weighted by Gasteiger charge is -2.21. The third-order valence-electron chi connectivity index (χ3n) is 2.90. The Balaban J connectivity index is 3.03. The minimum atomic E-state index is -0.557. The Morgan fingerprint density at radius 2 is 1.90 bits per heavy atom. The number of nitrogens with one attached hydrogen (secondary N) is 1. The molecule has 1 rings (SSSR count). The molecule has 1 amide bonds. The van der Waals surface area contributed by atoms with Crippen molar-refractivity contribution in [1.29, 1.82) is 0 Å². The Kier molecular flexibility index (Phi) is 5.94. The lowest BCUT2D eigenvalue weighted by Crippen LogP contribution is -2.40. The van der Waals surface area contributed by atoms with Gasteiger partial charge in [-0.2, -0.15) is 15.0 Å². The van der Waals surface area contributed by atoms with Crippen LogP contribution in [0.15, 0.2) is 0 Å². The van der Waals surface area contributed by atoms with Crippen molar-refractivity contribution in [2.75, 3.05) is 23.3 Å². The molecule has 0 radical (unpaired) electrons. The molecule has 0 saturated heterocycles. The minimum absolute atomic E-state index is 0.0138. The third-order valence-corrected chi connectivity index (χ3v) is 3.07. The summed E-state index contributed by atoms with van der Waals surface area (Å²) < 4.78 is 0. The molecule has 0 aliphatic carbocycles. The standard InChI is InChI=1S/C12H21ClN6O/c1-5-19(6-2)12-17-10(13)16-11(18-12)15-8(7(3)4)9(14)20/h7-8H,5-6H2,1-4H3,(H2,14,20)(H,15,16,17,18). The first-order valence-electron chi connectivity index (χ1n) is 6.61. The maximum Gasteiger partial charge on any atom is 0.240 e. The number of carbonyl (C=O) groups is 1. The Bertz CT molecular complexity index is 463. The van der Waals surface area contributed by atoms with Crippen LogP contribution in [0.5, 0.6) is 0 Å². The Labute approximate surface area is 123 Å². The predicted molar refractivity (Wildman–Crippen MR) is 79.8 cm³/mol. The van der Waals surface area contributed by atoms with Crippen molar-refractivity contribution < 1.29 is 4.79 Å². The number of hydrogen-bond donors (Lipinski definition) is 2. The van der Waals surface area contributed by atoms with Gasteiger partial charge in [-0.25, -0.2) is 0 Å². The molecule has 1 aromatic rings. The van der Waals surface area contributed by atoms with E-state index in [1.165, 1.54) is 0 Å². The average molecular weight is 301 g/mol. The lowest BCUT2D eigenvalue weighted by atomic mass is 10.0. The molecular formula is C12H21ClN6O. The molecule has 112 valence electrons. The molecule has 20 heavy (non-hydrogen) atoms. The first kappa shape index (κ1) is 16.4. The summed E-state index contributed by atoms with van der Waals surface area (Å²) in [6.07, 6.45) is 0. The number of halogens is 1. The van der Waals surface area contributed by atoms with Gasteiger partial charge in [0.05, 0.1) is 0 Å². The number of rotatable bonds is 7. The first-order valence-corrected chi connectivity index (χ1v) is 6.99. The zero-order valence-corrected chi connectivity index (χ0v) is 13.0. The number of amides is 1. The van der Waals surface area contributed by atoms with Crippen molar-refractivity contribution in [1.82, 2.24) is 15.0 Å². The third kappa shape index (κ3) is 4.19. The number of nitrogens with two attached hydrogens (primary N) is 1. The molecule has 8 heteroatoms. The van der Waals surface area contributed by atoms with Crippen LogP contribution in [0.3, 0.4) is 0 Å².